The van der Waals surface area contributed by atoms with Gasteiger partial charge in [-0.2, -0.15) is 5.10 Å². The van der Waals surface area contributed by atoms with E-state index in [-0.39, 0.29) is 0 Å². The summed E-state index contributed by atoms with van der Waals surface area (Å²) >= 11 is 0. The minimum Gasteiger partial charge on any atom is -0.319 e. The van der Waals surface area contributed by atoms with Crippen LogP contribution in [0.5, 0.6) is 0 Å². The van der Waals surface area contributed by atoms with E-state index in [1.165, 1.54) is 24.9 Å². The van der Waals surface area contributed by atoms with Gasteiger partial charge in [-0.15, -0.1) is 0 Å². The van der Waals surface area contributed by atoms with E-state index in [4.69, 9.17) is 0 Å². The molecule has 1 aromatic heterocycles. The number of hydrogen-bond donors (Lipinski definition) is 1. The van der Waals surface area contributed by atoms with Gasteiger partial charge in [-0.1, -0.05) is 6.92 Å². The zero-order valence-electron chi connectivity index (χ0n) is 12.8. The van der Waals surface area contributed by atoms with E-state index >= 15 is 0 Å². The fraction of sp³-hybridized carbons (Fsp3) is 0.800. The minimum absolute atomic E-state index is 0.440. The van der Waals surface area contributed by atoms with Crippen molar-refractivity contribution in [1.82, 2.24) is 20.0 Å². The molecule has 4 heteroatoms. The van der Waals surface area contributed by atoms with E-state index in [1.807, 2.05) is 0 Å². The molecule has 108 valence electrons. The lowest BCUT2D eigenvalue weighted by atomic mass is 9.85. The number of rotatable bonds is 5. The Morgan fingerprint density at radius 3 is 2.84 bits per heavy atom. The molecule has 19 heavy (non-hydrogen) atoms. The molecule has 1 aliphatic rings. The van der Waals surface area contributed by atoms with E-state index in [1.54, 1.807) is 0 Å². The Morgan fingerprint density at radius 2 is 2.26 bits per heavy atom. The third-order valence-electron chi connectivity index (χ3n) is 4.22. The molecule has 2 atom stereocenters. The van der Waals surface area contributed by atoms with Gasteiger partial charge in [0.15, 0.2) is 0 Å². The molecule has 2 unspecified atom stereocenters. The maximum Gasteiger partial charge on any atom is 0.0537 e. The smallest absolute Gasteiger partial charge is 0.0537 e. The largest absolute Gasteiger partial charge is 0.319 e. The maximum atomic E-state index is 4.52. The monoisotopic (exact) mass is 264 g/mol. The van der Waals surface area contributed by atoms with Crippen LogP contribution in [-0.4, -0.2) is 41.4 Å². The first kappa shape index (κ1) is 14.5. The maximum absolute atomic E-state index is 4.52. The molecule has 0 radical (unpaired) electrons. The first-order valence-corrected chi connectivity index (χ1v) is 7.60. The molecule has 0 aromatic carbocycles. The van der Waals surface area contributed by atoms with Crippen molar-refractivity contribution in [3.63, 3.8) is 0 Å². The van der Waals surface area contributed by atoms with Crippen molar-refractivity contribution in [2.75, 3.05) is 26.7 Å². The molecule has 2 rings (SSSR count). The summed E-state index contributed by atoms with van der Waals surface area (Å²) in [6.45, 7) is 10.1. The minimum atomic E-state index is 0.440. The summed E-state index contributed by atoms with van der Waals surface area (Å²) in [5, 5.41) is 7.88. The molecule has 1 fully saturated rings. The highest BCUT2D eigenvalue weighted by Gasteiger charge is 2.32. The van der Waals surface area contributed by atoms with Gasteiger partial charge in [-0.3, -0.25) is 9.58 Å². The van der Waals surface area contributed by atoms with E-state index in [9.17, 15) is 0 Å². The molecular weight excluding hydrogens is 236 g/mol. The number of nitrogens with zero attached hydrogens (tertiary/aromatic N) is 3. The van der Waals surface area contributed by atoms with Crippen LogP contribution in [0.15, 0.2) is 12.4 Å². The average molecular weight is 264 g/mol. The molecule has 4 nitrogen and oxygen atoms in total. The van der Waals surface area contributed by atoms with Crippen LogP contribution in [0.1, 0.15) is 51.3 Å². The summed E-state index contributed by atoms with van der Waals surface area (Å²) in [7, 11) is 2.06. The van der Waals surface area contributed by atoms with Crippen molar-refractivity contribution in [3.05, 3.63) is 18.0 Å². The van der Waals surface area contributed by atoms with Crippen molar-refractivity contribution >= 4 is 0 Å². The van der Waals surface area contributed by atoms with Gasteiger partial charge in [-0.25, -0.2) is 0 Å². The second-order valence-corrected chi connectivity index (χ2v) is 5.88. The van der Waals surface area contributed by atoms with Crippen LogP contribution in [0.4, 0.5) is 0 Å². The molecule has 1 saturated heterocycles. The molecule has 0 aliphatic carbocycles. The van der Waals surface area contributed by atoms with Crippen molar-refractivity contribution in [2.24, 2.45) is 5.92 Å². The van der Waals surface area contributed by atoms with E-state index in [2.05, 4.69) is 60.2 Å². The zero-order valence-corrected chi connectivity index (χ0v) is 12.8. The summed E-state index contributed by atoms with van der Waals surface area (Å²) in [4.78, 5) is 2.60. The van der Waals surface area contributed by atoms with Crippen LogP contribution in [0.25, 0.3) is 0 Å². The van der Waals surface area contributed by atoms with E-state index in [0.29, 0.717) is 18.0 Å². The molecule has 0 amide bonds. The van der Waals surface area contributed by atoms with Crippen LogP contribution >= 0.6 is 0 Å². The Balaban J connectivity index is 2.23. The summed E-state index contributed by atoms with van der Waals surface area (Å²) in [6, 6.07) is 0.967. The Bertz CT molecular complexity index is 383. The highest BCUT2D eigenvalue weighted by Crippen LogP contribution is 2.35. The lowest BCUT2D eigenvalue weighted by Gasteiger charge is -2.40. The summed E-state index contributed by atoms with van der Waals surface area (Å²) in [5.74, 6) is 0.698. The molecular formula is C15H28N4. The molecule has 0 saturated carbocycles. The SMILES string of the molecule is CCN1CCCC(CNC)C1c1cnn(C(C)C)c1. The third kappa shape index (κ3) is 3.18. The average Bonchev–Trinajstić information content (AvgIpc) is 2.88. The first-order chi connectivity index (χ1) is 9.17. The fourth-order valence-electron chi connectivity index (χ4n) is 3.25. The quantitative estimate of drug-likeness (QED) is 0.887. The van der Waals surface area contributed by atoms with Crippen molar-refractivity contribution in [2.45, 2.75) is 45.7 Å². The third-order valence-corrected chi connectivity index (χ3v) is 4.22. The molecule has 1 N–H and O–H groups in total. The van der Waals surface area contributed by atoms with Gasteiger partial charge in [-0.05, 0) is 59.3 Å². The van der Waals surface area contributed by atoms with Gasteiger partial charge < -0.3 is 5.32 Å². The standard InChI is InChI=1S/C15H28N4/c1-5-18-8-6-7-13(9-16-4)15(18)14-10-17-19(11-14)12(2)3/h10-13,15-16H,5-9H2,1-4H3. The molecule has 0 spiro atoms. The number of piperidine rings is 1. The molecule has 2 heterocycles. The van der Waals surface area contributed by atoms with Gasteiger partial charge in [0.05, 0.1) is 6.20 Å². The van der Waals surface area contributed by atoms with E-state index < -0.39 is 0 Å². The number of likely N-dealkylation sites (tertiary alicyclic amines) is 1. The predicted molar refractivity (Wildman–Crippen MR) is 79.3 cm³/mol. The highest BCUT2D eigenvalue weighted by molar-refractivity contribution is 5.14. The van der Waals surface area contributed by atoms with E-state index in [0.717, 1.165) is 13.1 Å². The highest BCUT2D eigenvalue weighted by atomic mass is 15.3. The zero-order chi connectivity index (χ0) is 13.8. The van der Waals surface area contributed by atoms with Gasteiger partial charge in [0.1, 0.15) is 0 Å². The summed E-state index contributed by atoms with van der Waals surface area (Å²) < 4.78 is 2.08. The second-order valence-electron chi connectivity index (χ2n) is 5.88. The molecule has 1 aliphatic heterocycles. The number of aromatic nitrogens is 2. The van der Waals surface area contributed by atoms with Crippen molar-refractivity contribution in [3.8, 4) is 0 Å². The van der Waals surface area contributed by atoms with Crippen LogP contribution in [0.3, 0.4) is 0 Å². The van der Waals surface area contributed by atoms with Gasteiger partial charge in [0, 0.05) is 23.8 Å². The Kier molecular flexibility index (Phi) is 4.99. The van der Waals surface area contributed by atoms with Gasteiger partial charge >= 0.3 is 0 Å². The Hall–Kier alpha value is -0.870. The number of hydrogen-bond acceptors (Lipinski definition) is 3. The van der Waals surface area contributed by atoms with Crippen molar-refractivity contribution < 1.29 is 0 Å². The normalized spacial score (nSPS) is 25.1. The van der Waals surface area contributed by atoms with Crippen molar-refractivity contribution in [1.29, 1.82) is 0 Å². The Morgan fingerprint density at radius 1 is 1.47 bits per heavy atom. The van der Waals surface area contributed by atoms with Gasteiger partial charge in [0.25, 0.3) is 0 Å². The lowest BCUT2D eigenvalue weighted by molar-refractivity contribution is 0.0981. The van der Waals surface area contributed by atoms with Crippen LogP contribution in [0, 0.1) is 5.92 Å². The fourth-order valence-corrected chi connectivity index (χ4v) is 3.25. The molecule has 1 aromatic rings. The van der Waals surface area contributed by atoms with Crippen LogP contribution in [-0.2, 0) is 0 Å². The topological polar surface area (TPSA) is 33.1 Å². The summed E-state index contributed by atoms with van der Waals surface area (Å²) in [6.07, 6.45) is 6.94. The molecule has 0 bridgehead atoms. The van der Waals surface area contributed by atoms with Gasteiger partial charge in [0.2, 0.25) is 0 Å². The number of nitrogens with one attached hydrogen (secondary N) is 1. The first-order valence-electron chi connectivity index (χ1n) is 7.60. The van der Waals surface area contributed by atoms with Crippen LogP contribution in [0.2, 0.25) is 0 Å². The predicted octanol–water partition coefficient (Wildman–Crippen LogP) is 2.46. The Labute approximate surface area is 117 Å². The summed E-state index contributed by atoms with van der Waals surface area (Å²) in [5.41, 5.74) is 1.38. The lowest BCUT2D eigenvalue weighted by Crippen LogP contribution is -2.41. The second kappa shape index (κ2) is 6.53. The van der Waals surface area contributed by atoms with Crippen LogP contribution < -0.4 is 5.32 Å².